The summed E-state index contributed by atoms with van der Waals surface area (Å²) in [5, 5.41) is 2.34. The predicted molar refractivity (Wildman–Crippen MR) is 112 cm³/mol. The van der Waals surface area contributed by atoms with Gasteiger partial charge in [-0.3, -0.25) is 4.79 Å². The van der Waals surface area contributed by atoms with Crippen molar-refractivity contribution in [3.63, 3.8) is 0 Å². The fraction of sp³-hybridized carbons (Fsp3) is 0.667. The first kappa shape index (κ1) is 17.9. The number of thioether (sulfide) groups is 1. The number of amides is 1. The second kappa shape index (κ2) is 7.36. The molecule has 6 heteroatoms. The Morgan fingerprint density at radius 2 is 2.00 bits per heavy atom. The number of aromatic nitrogens is 2. The highest BCUT2D eigenvalue weighted by Gasteiger charge is 2.30. The molecule has 2 aliphatic carbocycles. The van der Waals surface area contributed by atoms with E-state index in [1.807, 2.05) is 11.3 Å². The van der Waals surface area contributed by atoms with Gasteiger partial charge in [-0.1, -0.05) is 11.8 Å². The van der Waals surface area contributed by atoms with Crippen molar-refractivity contribution >= 4 is 39.2 Å². The van der Waals surface area contributed by atoms with Crippen molar-refractivity contribution < 1.29 is 4.79 Å². The molecule has 27 heavy (non-hydrogen) atoms. The van der Waals surface area contributed by atoms with E-state index in [1.165, 1.54) is 59.2 Å². The lowest BCUT2D eigenvalue weighted by atomic mass is 9.97. The Hall–Kier alpha value is -1.14. The van der Waals surface area contributed by atoms with Gasteiger partial charge in [0.25, 0.3) is 0 Å². The highest BCUT2D eigenvalue weighted by molar-refractivity contribution is 8.00. The summed E-state index contributed by atoms with van der Waals surface area (Å²) >= 11 is 3.53. The molecular weight excluding hydrogens is 374 g/mol. The Morgan fingerprint density at radius 3 is 2.81 bits per heavy atom. The lowest BCUT2D eigenvalue weighted by Crippen LogP contribution is -2.42. The molecule has 2 aromatic heterocycles. The Kier molecular flexibility index (Phi) is 4.88. The van der Waals surface area contributed by atoms with Gasteiger partial charge < -0.3 is 4.90 Å². The molecule has 0 spiro atoms. The van der Waals surface area contributed by atoms with E-state index < -0.39 is 0 Å². The van der Waals surface area contributed by atoms with Crippen LogP contribution in [0.2, 0.25) is 0 Å². The minimum atomic E-state index is 0.274. The molecule has 1 atom stereocenters. The standard InChI is InChI=1S/C21H27N3OS2/c1-13-6-4-5-11-24(13)17(25)12-26-20-18-15-7-2-3-8-16(15)27-21(18)23-19(22-20)14-9-10-14/h13-14H,2-12H2,1H3/t13-/m0/s1. The molecule has 1 amide bonds. The number of nitrogens with zero attached hydrogens (tertiary/aromatic N) is 3. The molecule has 5 rings (SSSR count). The van der Waals surface area contributed by atoms with Gasteiger partial charge in [0.1, 0.15) is 15.7 Å². The average Bonchev–Trinajstić information content (AvgIpc) is 3.46. The fourth-order valence-electron chi connectivity index (χ4n) is 4.45. The van der Waals surface area contributed by atoms with Gasteiger partial charge in [0, 0.05) is 28.8 Å². The van der Waals surface area contributed by atoms with Crippen LogP contribution in [0.25, 0.3) is 10.2 Å². The molecule has 4 nitrogen and oxygen atoms in total. The lowest BCUT2D eigenvalue weighted by molar-refractivity contribution is -0.131. The molecule has 2 fully saturated rings. The van der Waals surface area contributed by atoms with Gasteiger partial charge in [-0.05, 0) is 70.3 Å². The van der Waals surface area contributed by atoms with E-state index in [4.69, 9.17) is 9.97 Å². The number of aryl methyl sites for hydroxylation is 2. The van der Waals surface area contributed by atoms with E-state index in [0.717, 1.165) is 36.7 Å². The van der Waals surface area contributed by atoms with Crippen LogP contribution in [0.15, 0.2) is 5.03 Å². The smallest absolute Gasteiger partial charge is 0.233 e. The van der Waals surface area contributed by atoms with Crippen LogP contribution in [0.1, 0.15) is 74.1 Å². The second-order valence-corrected chi connectivity index (χ2v) is 10.3. The molecule has 1 saturated heterocycles. The summed E-state index contributed by atoms with van der Waals surface area (Å²) in [6.07, 6.45) is 10.8. The topological polar surface area (TPSA) is 46.1 Å². The average molecular weight is 402 g/mol. The number of carbonyl (C=O) groups excluding carboxylic acids is 1. The monoisotopic (exact) mass is 401 g/mol. The molecule has 1 saturated carbocycles. The van der Waals surface area contributed by atoms with E-state index >= 15 is 0 Å². The number of hydrogen-bond donors (Lipinski definition) is 0. The highest BCUT2D eigenvalue weighted by Crippen LogP contribution is 2.44. The van der Waals surface area contributed by atoms with Gasteiger partial charge in [0.2, 0.25) is 5.91 Å². The van der Waals surface area contributed by atoms with Crippen LogP contribution in [-0.4, -0.2) is 39.1 Å². The molecule has 144 valence electrons. The number of hydrogen-bond acceptors (Lipinski definition) is 5. The normalized spacial score (nSPS) is 22.9. The number of likely N-dealkylation sites (tertiary alicyclic amines) is 1. The summed E-state index contributed by atoms with van der Waals surface area (Å²) in [5.41, 5.74) is 1.48. The van der Waals surface area contributed by atoms with Gasteiger partial charge in [0.05, 0.1) is 5.75 Å². The van der Waals surface area contributed by atoms with Gasteiger partial charge in [-0.15, -0.1) is 11.3 Å². The van der Waals surface area contributed by atoms with Gasteiger partial charge in [0.15, 0.2) is 0 Å². The number of piperidine rings is 1. The first-order valence-electron chi connectivity index (χ1n) is 10.4. The largest absolute Gasteiger partial charge is 0.339 e. The molecule has 3 aliphatic rings. The van der Waals surface area contributed by atoms with Crippen LogP contribution in [0.4, 0.5) is 0 Å². The predicted octanol–water partition coefficient (Wildman–Crippen LogP) is 4.94. The van der Waals surface area contributed by atoms with Crippen molar-refractivity contribution in [2.45, 2.75) is 81.7 Å². The Balaban J connectivity index is 1.44. The molecule has 0 unspecified atom stereocenters. The molecule has 1 aliphatic heterocycles. The van der Waals surface area contributed by atoms with Crippen molar-refractivity contribution in [2.75, 3.05) is 12.3 Å². The van der Waals surface area contributed by atoms with Crippen molar-refractivity contribution in [1.29, 1.82) is 0 Å². The van der Waals surface area contributed by atoms with Crippen LogP contribution < -0.4 is 0 Å². The summed E-state index contributed by atoms with van der Waals surface area (Å²) < 4.78 is 0. The molecule has 0 aromatic carbocycles. The maximum Gasteiger partial charge on any atom is 0.233 e. The third-order valence-corrected chi connectivity index (χ3v) is 8.34. The van der Waals surface area contributed by atoms with Crippen molar-refractivity contribution in [3.8, 4) is 0 Å². The van der Waals surface area contributed by atoms with Crippen LogP contribution in [0, 0.1) is 0 Å². The van der Waals surface area contributed by atoms with Crippen LogP contribution in [0.5, 0.6) is 0 Å². The Labute approximate surface area is 169 Å². The SMILES string of the molecule is C[C@H]1CCCCN1C(=O)CSc1nc(C2CC2)nc2sc3c(c12)CCCC3. The zero-order chi connectivity index (χ0) is 18.4. The fourth-order valence-corrected chi connectivity index (χ4v) is 6.73. The Morgan fingerprint density at radius 1 is 1.15 bits per heavy atom. The molecule has 0 radical (unpaired) electrons. The van der Waals surface area contributed by atoms with E-state index in [2.05, 4.69) is 11.8 Å². The summed E-state index contributed by atoms with van der Waals surface area (Å²) in [4.78, 5) is 27.5. The molecule has 0 bridgehead atoms. The number of thiophene rings is 1. The molecule has 2 aromatic rings. The van der Waals surface area contributed by atoms with Crippen molar-refractivity contribution in [1.82, 2.24) is 14.9 Å². The van der Waals surface area contributed by atoms with Gasteiger partial charge in [-0.2, -0.15) is 0 Å². The minimum absolute atomic E-state index is 0.274. The summed E-state index contributed by atoms with van der Waals surface area (Å²) in [6, 6.07) is 0.383. The third-order valence-electron chi connectivity index (χ3n) is 6.20. The molecule has 0 N–H and O–H groups in total. The quantitative estimate of drug-likeness (QED) is 0.538. The van der Waals surface area contributed by atoms with E-state index in [0.29, 0.717) is 17.7 Å². The number of fused-ring (bicyclic) bond motifs is 3. The molecule has 3 heterocycles. The lowest BCUT2D eigenvalue weighted by Gasteiger charge is -2.33. The first-order valence-corrected chi connectivity index (χ1v) is 12.3. The van der Waals surface area contributed by atoms with Crippen LogP contribution in [0.3, 0.4) is 0 Å². The summed E-state index contributed by atoms with van der Waals surface area (Å²) in [6.45, 7) is 3.10. The third kappa shape index (κ3) is 3.51. The maximum absolute atomic E-state index is 12.8. The summed E-state index contributed by atoms with van der Waals surface area (Å²) in [7, 11) is 0. The van der Waals surface area contributed by atoms with Crippen LogP contribution >= 0.6 is 23.1 Å². The minimum Gasteiger partial charge on any atom is -0.339 e. The Bertz CT molecular complexity index is 874. The van der Waals surface area contributed by atoms with E-state index in [-0.39, 0.29) is 5.91 Å². The van der Waals surface area contributed by atoms with E-state index in [1.54, 1.807) is 11.8 Å². The zero-order valence-corrected chi connectivity index (χ0v) is 17.6. The number of rotatable bonds is 4. The highest BCUT2D eigenvalue weighted by atomic mass is 32.2. The second-order valence-electron chi connectivity index (χ2n) is 8.27. The first-order chi connectivity index (χ1) is 13.2. The zero-order valence-electron chi connectivity index (χ0n) is 16.0. The van der Waals surface area contributed by atoms with Crippen LogP contribution in [-0.2, 0) is 17.6 Å². The van der Waals surface area contributed by atoms with E-state index in [9.17, 15) is 4.79 Å². The maximum atomic E-state index is 12.8. The van der Waals surface area contributed by atoms with Gasteiger partial charge in [-0.25, -0.2) is 9.97 Å². The van der Waals surface area contributed by atoms with Gasteiger partial charge >= 0.3 is 0 Å². The van der Waals surface area contributed by atoms with Crippen molar-refractivity contribution in [3.05, 3.63) is 16.3 Å². The summed E-state index contributed by atoms with van der Waals surface area (Å²) in [5.74, 6) is 2.34. The molecular formula is C21H27N3OS2. The number of carbonyl (C=O) groups is 1. The van der Waals surface area contributed by atoms with Crippen molar-refractivity contribution in [2.24, 2.45) is 0 Å².